The van der Waals surface area contributed by atoms with Gasteiger partial charge in [-0.25, -0.2) is 0 Å². The van der Waals surface area contributed by atoms with Crippen molar-refractivity contribution in [3.63, 3.8) is 0 Å². The number of rotatable bonds is 4. The van der Waals surface area contributed by atoms with E-state index in [0.717, 1.165) is 16.4 Å². The number of hydrogen-bond donors (Lipinski definition) is 3. The van der Waals surface area contributed by atoms with Crippen LogP contribution in [0.15, 0.2) is 59.3 Å². The maximum Gasteiger partial charge on any atom is 0.260 e. The lowest BCUT2D eigenvalue weighted by Crippen LogP contribution is -2.37. The fraction of sp³-hybridized carbons (Fsp3) is 0.100. The van der Waals surface area contributed by atoms with Crippen LogP contribution in [0.2, 0.25) is 0 Å². The van der Waals surface area contributed by atoms with Gasteiger partial charge in [-0.3, -0.25) is 14.9 Å². The van der Waals surface area contributed by atoms with Gasteiger partial charge in [0.25, 0.3) is 11.8 Å². The van der Waals surface area contributed by atoms with Crippen molar-refractivity contribution in [2.45, 2.75) is 6.42 Å². The standard InChI is InChI=1S/C20H16BrN3O2/c21-13-5-6-15-16(9-13)17(20(26)24-19(15)25)11-22-8-7-12-10-23-18-4-2-1-3-14(12)18/h1-6,9-11,22-23H,7-8H2,(H,24,25,26). The largest absolute Gasteiger partial charge is 0.390 e. The van der Waals surface area contributed by atoms with Crippen LogP contribution in [0.4, 0.5) is 0 Å². The van der Waals surface area contributed by atoms with Gasteiger partial charge in [0.2, 0.25) is 0 Å². The number of para-hydroxylation sites is 1. The first-order valence-electron chi connectivity index (χ1n) is 8.27. The normalized spacial score (nSPS) is 15.2. The predicted octanol–water partition coefficient (Wildman–Crippen LogP) is 3.37. The smallest absolute Gasteiger partial charge is 0.260 e. The topological polar surface area (TPSA) is 74.0 Å². The average Bonchev–Trinajstić information content (AvgIpc) is 3.04. The number of nitrogens with one attached hydrogen (secondary N) is 3. The monoisotopic (exact) mass is 409 g/mol. The Balaban J connectivity index is 1.52. The van der Waals surface area contributed by atoms with Gasteiger partial charge in [-0.1, -0.05) is 34.1 Å². The fourth-order valence-electron chi connectivity index (χ4n) is 3.16. The highest BCUT2D eigenvalue weighted by Crippen LogP contribution is 2.26. The first-order valence-corrected chi connectivity index (χ1v) is 9.07. The number of aromatic amines is 1. The molecule has 0 spiro atoms. The van der Waals surface area contributed by atoms with E-state index in [-0.39, 0.29) is 11.8 Å². The molecule has 1 aliphatic rings. The second kappa shape index (κ2) is 6.80. The molecular weight excluding hydrogens is 394 g/mol. The SMILES string of the molecule is O=C1NC(=O)c2ccc(Br)cc2C1=CNCCc1c[nH]c2ccccc12. The lowest BCUT2D eigenvalue weighted by Gasteiger charge is -2.18. The van der Waals surface area contributed by atoms with Crippen LogP contribution in [0.3, 0.4) is 0 Å². The van der Waals surface area contributed by atoms with E-state index in [4.69, 9.17) is 0 Å². The van der Waals surface area contributed by atoms with Gasteiger partial charge in [0.15, 0.2) is 0 Å². The number of amides is 2. The van der Waals surface area contributed by atoms with Crippen LogP contribution in [0.5, 0.6) is 0 Å². The van der Waals surface area contributed by atoms with E-state index in [9.17, 15) is 9.59 Å². The van der Waals surface area contributed by atoms with Gasteiger partial charge in [-0.2, -0.15) is 0 Å². The minimum Gasteiger partial charge on any atom is -0.390 e. The zero-order chi connectivity index (χ0) is 18.1. The molecule has 3 aromatic rings. The summed E-state index contributed by atoms with van der Waals surface area (Å²) in [5.74, 6) is -0.756. The zero-order valence-electron chi connectivity index (χ0n) is 13.8. The number of imide groups is 1. The third kappa shape index (κ3) is 3.04. The molecule has 2 amide bonds. The summed E-state index contributed by atoms with van der Waals surface area (Å²) >= 11 is 3.39. The van der Waals surface area contributed by atoms with Crippen LogP contribution in [0, 0.1) is 0 Å². The first kappa shape index (κ1) is 16.6. The van der Waals surface area contributed by atoms with E-state index in [2.05, 4.69) is 37.6 Å². The Bertz CT molecular complexity index is 1050. The molecule has 26 heavy (non-hydrogen) atoms. The second-order valence-electron chi connectivity index (χ2n) is 6.09. The van der Waals surface area contributed by atoms with Crippen LogP contribution < -0.4 is 10.6 Å². The first-order chi connectivity index (χ1) is 12.6. The van der Waals surface area contributed by atoms with Crippen molar-refractivity contribution in [3.05, 3.63) is 76.0 Å². The number of carbonyl (C=O) groups is 2. The molecule has 0 fully saturated rings. The summed E-state index contributed by atoms with van der Waals surface area (Å²) < 4.78 is 0.823. The predicted molar refractivity (Wildman–Crippen MR) is 105 cm³/mol. The highest BCUT2D eigenvalue weighted by atomic mass is 79.9. The molecule has 5 nitrogen and oxygen atoms in total. The Morgan fingerprint density at radius 1 is 1.04 bits per heavy atom. The summed E-state index contributed by atoms with van der Waals surface area (Å²) in [6, 6.07) is 13.5. The van der Waals surface area contributed by atoms with Crippen molar-refractivity contribution in [1.29, 1.82) is 0 Å². The van der Waals surface area contributed by atoms with E-state index in [1.807, 2.05) is 24.4 Å². The molecule has 2 heterocycles. The molecule has 0 atom stereocenters. The van der Waals surface area contributed by atoms with E-state index in [1.165, 1.54) is 10.9 Å². The maximum atomic E-state index is 12.2. The highest BCUT2D eigenvalue weighted by Gasteiger charge is 2.27. The molecule has 0 saturated carbocycles. The van der Waals surface area contributed by atoms with Crippen LogP contribution >= 0.6 is 15.9 Å². The van der Waals surface area contributed by atoms with Crippen molar-refractivity contribution >= 4 is 44.2 Å². The number of aromatic nitrogens is 1. The molecule has 0 aliphatic carbocycles. The molecule has 2 aromatic carbocycles. The van der Waals surface area contributed by atoms with E-state index >= 15 is 0 Å². The molecule has 1 aromatic heterocycles. The maximum absolute atomic E-state index is 12.2. The van der Waals surface area contributed by atoms with E-state index < -0.39 is 0 Å². The number of carbonyl (C=O) groups excluding carboxylic acids is 2. The Morgan fingerprint density at radius 3 is 2.77 bits per heavy atom. The van der Waals surface area contributed by atoms with Crippen molar-refractivity contribution in [2.75, 3.05) is 6.54 Å². The average molecular weight is 410 g/mol. The molecule has 0 unspecified atom stereocenters. The molecule has 4 rings (SSSR count). The third-order valence-electron chi connectivity index (χ3n) is 4.45. The van der Waals surface area contributed by atoms with Gasteiger partial charge in [0, 0.05) is 45.4 Å². The van der Waals surface area contributed by atoms with Crippen LogP contribution in [-0.4, -0.2) is 23.3 Å². The van der Waals surface area contributed by atoms with Crippen molar-refractivity contribution in [2.24, 2.45) is 0 Å². The summed E-state index contributed by atoms with van der Waals surface area (Å²) in [4.78, 5) is 27.4. The molecule has 1 aliphatic heterocycles. The van der Waals surface area contributed by atoms with Gasteiger partial charge in [-0.05, 0) is 36.2 Å². The number of hydrogen-bond acceptors (Lipinski definition) is 3. The lowest BCUT2D eigenvalue weighted by molar-refractivity contribution is -0.114. The summed E-state index contributed by atoms with van der Waals surface area (Å²) in [6.07, 6.45) is 4.51. The second-order valence-corrected chi connectivity index (χ2v) is 7.01. The number of fused-ring (bicyclic) bond motifs is 2. The van der Waals surface area contributed by atoms with Gasteiger partial charge >= 0.3 is 0 Å². The van der Waals surface area contributed by atoms with Gasteiger partial charge in [0.1, 0.15) is 0 Å². The zero-order valence-corrected chi connectivity index (χ0v) is 15.4. The minimum atomic E-state index is -0.389. The minimum absolute atomic E-state index is 0.367. The summed E-state index contributed by atoms with van der Waals surface area (Å²) in [5.41, 5.74) is 3.92. The summed E-state index contributed by atoms with van der Waals surface area (Å²) in [6.45, 7) is 0.676. The third-order valence-corrected chi connectivity index (χ3v) is 4.94. The molecule has 0 radical (unpaired) electrons. The fourth-order valence-corrected chi connectivity index (χ4v) is 3.52. The van der Waals surface area contributed by atoms with Crippen LogP contribution in [0.1, 0.15) is 21.5 Å². The lowest BCUT2D eigenvalue weighted by atomic mass is 9.95. The quantitative estimate of drug-likeness (QED) is 0.351. The Kier molecular flexibility index (Phi) is 4.34. The van der Waals surface area contributed by atoms with Crippen molar-refractivity contribution < 1.29 is 9.59 Å². The summed E-state index contributed by atoms with van der Waals surface area (Å²) in [7, 11) is 0. The molecule has 130 valence electrons. The molecule has 0 bridgehead atoms. The number of halogens is 1. The van der Waals surface area contributed by atoms with Crippen molar-refractivity contribution in [1.82, 2.24) is 15.6 Å². The Hall–Kier alpha value is -2.86. The van der Waals surface area contributed by atoms with Crippen LogP contribution in [0.25, 0.3) is 16.5 Å². The number of benzene rings is 2. The molecule has 0 saturated heterocycles. The van der Waals surface area contributed by atoms with Gasteiger partial charge < -0.3 is 10.3 Å². The Labute approximate surface area is 158 Å². The van der Waals surface area contributed by atoms with E-state index in [0.29, 0.717) is 23.2 Å². The van der Waals surface area contributed by atoms with Gasteiger partial charge in [-0.15, -0.1) is 0 Å². The Morgan fingerprint density at radius 2 is 1.88 bits per heavy atom. The van der Waals surface area contributed by atoms with Crippen LogP contribution in [-0.2, 0) is 11.2 Å². The molecule has 6 heteroatoms. The summed E-state index contributed by atoms with van der Waals surface area (Å²) in [5, 5.41) is 6.78. The van der Waals surface area contributed by atoms with E-state index in [1.54, 1.807) is 24.4 Å². The molecule has 3 N–H and O–H groups in total. The number of H-pyrrole nitrogens is 1. The van der Waals surface area contributed by atoms with Crippen molar-refractivity contribution in [3.8, 4) is 0 Å². The van der Waals surface area contributed by atoms with Gasteiger partial charge in [0.05, 0.1) is 5.57 Å². The molecular formula is C20H16BrN3O2. The highest BCUT2D eigenvalue weighted by molar-refractivity contribution is 9.10.